The number of alkyl halides is 6. The molecule has 1 heterocycles. The summed E-state index contributed by atoms with van der Waals surface area (Å²) in [5, 5.41) is 6.44. The zero-order valence-corrected chi connectivity index (χ0v) is 14.1. The normalized spacial score (nSPS) is 15.8. The Hall–Kier alpha value is -2.63. The minimum Gasteiger partial charge on any atom is -0.318 e. The molecule has 3 amide bonds. The van der Waals surface area contributed by atoms with E-state index in [1.54, 1.807) is 10.6 Å². The van der Waals surface area contributed by atoms with Crippen LogP contribution in [0.2, 0.25) is 0 Å². The second kappa shape index (κ2) is 8.17. The lowest BCUT2D eigenvalue weighted by Gasteiger charge is -2.21. The molecular weight excluding hydrogens is 396 g/mol. The van der Waals surface area contributed by atoms with Crippen LogP contribution in [0.1, 0.15) is 24.0 Å². The maximum Gasteiger partial charge on any atom is 0.416 e. The van der Waals surface area contributed by atoms with Gasteiger partial charge in [-0.15, -0.1) is 0 Å². The number of benzene rings is 1. The summed E-state index contributed by atoms with van der Waals surface area (Å²) in [7, 11) is 0. The largest absolute Gasteiger partial charge is 0.416 e. The number of amides is 3. The summed E-state index contributed by atoms with van der Waals surface area (Å²) in [6.07, 6.45) is -9.37. The van der Waals surface area contributed by atoms with Crippen molar-refractivity contribution in [2.75, 3.05) is 18.4 Å². The van der Waals surface area contributed by atoms with Gasteiger partial charge in [-0.2, -0.15) is 26.3 Å². The highest BCUT2D eigenvalue weighted by Gasteiger charge is 2.37. The number of anilines is 1. The zero-order chi connectivity index (χ0) is 21.1. The van der Waals surface area contributed by atoms with Crippen LogP contribution in [0.25, 0.3) is 0 Å². The molecule has 0 radical (unpaired) electrons. The summed E-state index contributed by atoms with van der Waals surface area (Å²) in [5.41, 5.74) is -4.18. The van der Waals surface area contributed by atoms with Crippen LogP contribution in [0.4, 0.5) is 32.0 Å². The van der Waals surface area contributed by atoms with Crippen LogP contribution in [0.5, 0.6) is 0 Å². The van der Waals surface area contributed by atoms with Gasteiger partial charge in [0.2, 0.25) is 5.91 Å². The Morgan fingerprint density at radius 2 is 1.36 bits per heavy atom. The van der Waals surface area contributed by atoms with Crippen molar-refractivity contribution in [2.45, 2.75) is 25.2 Å². The number of imide groups is 1. The van der Waals surface area contributed by atoms with E-state index in [2.05, 4.69) is 5.32 Å². The third-order valence-corrected chi connectivity index (χ3v) is 4.00. The Labute approximate surface area is 154 Å². The fourth-order valence-electron chi connectivity index (χ4n) is 2.57. The second-order valence-corrected chi connectivity index (χ2v) is 6.09. The number of rotatable bonds is 2. The molecule has 3 N–H and O–H groups in total. The molecule has 0 atom stereocenters. The van der Waals surface area contributed by atoms with Crippen LogP contribution in [0.3, 0.4) is 0 Å². The number of hydrogen-bond acceptors (Lipinski definition) is 4. The van der Waals surface area contributed by atoms with E-state index < -0.39 is 52.8 Å². The Kier molecular flexibility index (Phi) is 6.32. The van der Waals surface area contributed by atoms with E-state index in [1.165, 1.54) is 0 Å². The summed E-state index contributed by atoms with van der Waals surface area (Å²) in [6, 6.07) is 0.403. The maximum atomic E-state index is 12.8. The Balaban J connectivity index is 2.13. The van der Waals surface area contributed by atoms with Gasteiger partial charge >= 0.3 is 24.2 Å². The Morgan fingerprint density at radius 3 is 1.82 bits per heavy atom. The van der Waals surface area contributed by atoms with Crippen molar-refractivity contribution in [2.24, 2.45) is 5.92 Å². The van der Waals surface area contributed by atoms with Gasteiger partial charge in [-0.05, 0) is 44.1 Å². The van der Waals surface area contributed by atoms with Crippen molar-refractivity contribution in [1.82, 2.24) is 10.6 Å². The third kappa shape index (κ3) is 5.68. The number of hydrogen-bond donors (Lipinski definition) is 3. The fraction of sp³-hybridized carbons (Fsp3) is 0.438. The lowest BCUT2D eigenvalue weighted by atomic mass is 9.97. The minimum absolute atomic E-state index is 0.115. The zero-order valence-electron chi connectivity index (χ0n) is 14.1. The first-order valence-corrected chi connectivity index (χ1v) is 8.04. The van der Waals surface area contributed by atoms with Crippen LogP contribution in [-0.2, 0) is 26.7 Å². The molecule has 1 fully saturated rings. The molecule has 6 nitrogen and oxygen atoms in total. The quantitative estimate of drug-likeness (QED) is 0.515. The molecular formula is C16H15F6N3O3. The highest BCUT2D eigenvalue weighted by Crippen LogP contribution is 2.37. The second-order valence-electron chi connectivity index (χ2n) is 6.09. The number of carbonyl (C=O) groups excluding carboxylic acids is 3. The van der Waals surface area contributed by atoms with Crippen molar-refractivity contribution in [3.05, 3.63) is 29.3 Å². The summed E-state index contributed by atoms with van der Waals surface area (Å²) < 4.78 is 76.8. The lowest BCUT2D eigenvalue weighted by molar-refractivity contribution is -0.143. The van der Waals surface area contributed by atoms with Gasteiger partial charge in [0.25, 0.3) is 0 Å². The van der Waals surface area contributed by atoms with E-state index >= 15 is 0 Å². The molecule has 1 aromatic rings. The van der Waals surface area contributed by atoms with Gasteiger partial charge in [-0.3, -0.25) is 19.7 Å². The molecule has 154 valence electrons. The lowest BCUT2D eigenvalue weighted by Crippen LogP contribution is -2.44. The van der Waals surface area contributed by atoms with E-state index in [1.807, 2.05) is 0 Å². The van der Waals surface area contributed by atoms with Crippen LogP contribution in [0.15, 0.2) is 18.2 Å². The summed E-state index contributed by atoms with van der Waals surface area (Å²) in [5.74, 6) is -4.30. The molecule has 0 bridgehead atoms. The van der Waals surface area contributed by atoms with E-state index in [0.29, 0.717) is 25.9 Å². The summed E-state index contributed by atoms with van der Waals surface area (Å²) in [4.78, 5) is 35.5. The average Bonchev–Trinajstić information content (AvgIpc) is 2.60. The third-order valence-electron chi connectivity index (χ3n) is 4.00. The molecule has 0 spiro atoms. The van der Waals surface area contributed by atoms with E-state index in [4.69, 9.17) is 0 Å². The molecule has 0 unspecified atom stereocenters. The number of halogens is 6. The molecule has 1 saturated heterocycles. The van der Waals surface area contributed by atoms with E-state index in [-0.39, 0.29) is 18.2 Å². The van der Waals surface area contributed by atoms with Crippen molar-refractivity contribution in [3.63, 3.8) is 0 Å². The minimum atomic E-state index is -5.10. The maximum absolute atomic E-state index is 12.8. The molecule has 12 heteroatoms. The van der Waals surface area contributed by atoms with E-state index in [0.717, 1.165) is 0 Å². The predicted molar refractivity (Wildman–Crippen MR) is 83.8 cm³/mol. The molecule has 28 heavy (non-hydrogen) atoms. The highest BCUT2D eigenvalue weighted by atomic mass is 19.4. The Morgan fingerprint density at radius 1 is 0.857 bits per heavy atom. The van der Waals surface area contributed by atoms with Gasteiger partial charge in [0.05, 0.1) is 11.1 Å². The molecule has 1 aromatic carbocycles. The van der Waals surface area contributed by atoms with Crippen LogP contribution in [-0.4, -0.2) is 30.8 Å². The average molecular weight is 411 g/mol. The van der Waals surface area contributed by atoms with Gasteiger partial charge < -0.3 is 10.6 Å². The monoisotopic (exact) mass is 411 g/mol. The predicted octanol–water partition coefficient (Wildman–Crippen LogP) is 2.31. The molecule has 0 aromatic heterocycles. The molecule has 0 saturated carbocycles. The van der Waals surface area contributed by atoms with E-state index in [9.17, 15) is 40.7 Å². The molecule has 0 aliphatic carbocycles. The summed E-state index contributed by atoms with van der Waals surface area (Å²) in [6.45, 7) is 1.06. The van der Waals surface area contributed by atoms with Crippen molar-refractivity contribution in [1.29, 1.82) is 0 Å². The topological polar surface area (TPSA) is 87.3 Å². The summed E-state index contributed by atoms with van der Waals surface area (Å²) >= 11 is 0. The van der Waals surface area contributed by atoms with Crippen LogP contribution < -0.4 is 16.0 Å². The number of carbonyl (C=O) groups is 3. The fourth-order valence-corrected chi connectivity index (χ4v) is 2.57. The van der Waals surface area contributed by atoms with Gasteiger partial charge in [-0.1, -0.05) is 0 Å². The van der Waals surface area contributed by atoms with Crippen molar-refractivity contribution >= 4 is 23.4 Å². The van der Waals surface area contributed by atoms with Gasteiger partial charge in [0.15, 0.2) is 0 Å². The smallest absolute Gasteiger partial charge is 0.318 e. The van der Waals surface area contributed by atoms with Crippen molar-refractivity contribution < 1.29 is 40.7 Å². The highest BCUT2D eigenvalue weighted by molar-refractivity contribution is 6.42. The van der Waals surface area contributed by atoms with Crippen molar-refractivity contribution in [3.8, 4) is 0 Å². The SMILES string of the molecule is O=C(NC(=O)C1CCNCC1)C(=O)Nc1cc(C(F)(F)F)cc(C(F)(F)F)c1. The van der Waals surface area contributed by atoms with Gasteiger partial charge in [0, 0.05) is 11.6 Å². The standard InChI is InChI=1S/C16H15F6N3O3/c17-15(18,19)9-5-10(16(20,21)22)7-11(6-9)24-13(27)14(28)25-12(26)8-1-3-23-4-2-8/h5-8,23H,1-4H2,(H,24,27)(H,25,26,28). The van der Waals surface area contributed by atoms with Crippen LogP contribution in [0, 0.1) is 5.92 Å². The van der Waals surface area contributed by atoms with Crippen LogP contribution >= 0.6 is 0 Å². The Bertz CT molecular complexity index is 738. The number of nitrogens with one attached hydrogen (secondary N) is 3. The first kappa shape index (κ1) is 21.7. The first-order chi connectivity index (χ1) is 12.9. The molecule has 1 aliphatic heterocycles. The molecule has 1 aliphatic rings. The first-order valence-electron chi connectivity index (χ1n) is 8.04. The van der Waals surface area contributed by atoms with Gasteiger partial charge in [0.1, 0.15) is 0 Å². The molecule has 2 rings (SSSR count). The van der Waals surface area contributed by atoms with Gasteiger partial charge in [-0.25, -0.2) is 0 Å². The number of piperidine rings is 1.